The van der Waals surface area contributed by atoms with Gasteiger partial charge in [0.15, 0.2) is 0 Å². The second kappa shape index (κ2) is 4.95. The fourth-order valence-corrected chi connectivity index (χ4v) is 1.67. The van der Waals surface area contributed by atoms with Crippen molar-refractivity contribution in [2.75, 3.05) is 11.9 Å². The van der Waals surface area contributed by atoms with Crippen molar-refractivity contribution >= 4 is 5.82 Å². The first-order chi connectivity index (χ1) is 8.16. The van der Waals surface area contributed by atoms with E-state index in [9.17, 15) is 0 Å². The minimum Gasteiger partial charge on any atom is -0.369 e. The van der Waals surface area contributed by atoms with E-state index in [-0.39, 0.29) is 0 Å². The summed E-state index contributed by atoms with van der Waals surface area (Å²) in [5.74, 6) is 2.70. The fourth-order valence-electron chi connectivity index (χ4n) is 1.67. The Morgan fingerprint density at radius 3 is 2.76 bits per heavy atom. The third-order valence-corrected chi connectivity index (χ3v) is 2.71. The first-order valence-electron chi connectivity index (χ1n) is 5.71. The van der Waals surface area contributed by atoms with E-state index in [1.54, 1.807) is 6.20 Å². The van der Waals surface area contributed by atoms with Crippen LogP contribution < -0.4 is 5.32 Å². The summed E-state index contributed by atoms with van der Waals surface area (Å²) in [5.41, 5.74) is 2.13. The number of imidazole rings is 1. The molecule has 0 saturated carbocycles. The molecule has 0 aliphatic heterocycles. The molecule has 2 heterocycles. The Morgan fingerprint density at radius 2 is 2.06 bits per heavy atom. The summed E-state index contributed by atoms with van der Waals surface area (Å²) in [5, 5.41) is 3.32. The average molecular weight is 231 g/mol. The lowest BCUT2D eigenvalue weighted by atomic mass is 10.2. The summed E-state index contributed by atoms with van der Waals surface area (Å²) in [6.45, 7) is 6.75. The van der Waals surface area contributed by atoms with E-state index in [2.05, 4.69) is 25.3 Å². The zero-order valence-electron chi connectivity index (χ0n) is 10.4. The van der Waals surface area contributed by atoms with Crippen molar-refractivity contribution < 1.29 is 0 Å². The molecule has 0 spiro atoms. The molecule has 0 aliphatic carbocycles. The van der Waals surface area contributed by atoms with Gasteiger partial charge in [0, 0.05) is 36.6 Å². The Labute approximate surface area is 101 Å². The number of nitrogens with zero attached hydrogens (tertiary/aromatic N) is 3. The van der Waals surface area contributed by atoms with E-state index >= 15 is 0 Å². The maximum Gasteiger partial charge on any atom is 0.132 e. The van der Waals surface area contributed by atoms with E-state index < -0.39 is 0 Å². The molecule has 0 fully saturated rings. The standard InChI is InChI=1S/C12H17N5/c1-8-9(2)16-10(3)17-12(8)15-5-4-11-13-6-7-14-11/h6-7H,4-5H2,1-3H3,(H,13,14)(H,15,16,17). The van der Waals surface area contributed by atoms with Crippen molar-refractivity contribution in [2.45, 2.75) is 27.2 Å². The topological polar surface area (TPSA) is 66.5 Å². The van der Waals surface area contributed by atoms with Gasteiger partial charge in [0.25, 0.3) is 0 Å². The van der Waals surface area contributed by atoms with Crippen LogP contribution in [0.2, 0.25) is 0 Å². The largest absolute Gasteiger partial charge is 0.369 e. The molecule has 0 bridgehead atoms. The highest BCUT2D eigenvalue weighted by atomic mass is 15.0. The summed E-state index contributed by atoms with van der Waals surface area (Å²) in [6.07, 6.45) is 4.45. The highest BCUT2D eigenvalue weighted by Gasteiger charge is 2.05. The molecule has 0 amide bonds. The Balaban J connectivity index is 1.99. The van der Waals surface area contributed by atoms with E-state index in [0.29, 0.717) is 0 Å². The highest BCUT2D eigenvalue weighted by molar-refractivity contribution is 5.45. The Morgan fingerprint density at radius 1 is 1.24 bits per heavy atom. The molecule has 5 heteroatoms. The van der Waals surface area contributed by atoms with Crippen LogP contribution >= 0.6 is 0 Å². The van der Waals surface area contributed by atoms with Gasteiger partial charge in [0.2, 0.25) is 0 Å². The van der Waals surface area contributed by atoms with Gasteiger partial charge in [-0.1, -0.05) is 0 Å². The Kier molecular flexibility index (Phi) is 3.37. The normalized spacial score (nSPS) is 10.5. The van der Waals surface area contributed by atoms with E-state index in [4.69, 9.17) is 0 Å². The molecule has 0 radical (unpaired) electrons. The number of anilines is 1. The van der Waals surface area contributed by atoms with Gasteiger partial charge in [-0.25, -0.2) is 15.0 Å². The first-order valence-corrected chi connectivity index (χ1v) is 5.71. The van der Waals surface area contributed by atoms with Crippen LogP contribution in [0.1, 0.15) is 22.9 Å². The second-order valence-corrected chi connectivity index (χ2v) is 4.04. The van der Waals surface area contributed by atoms with Crippen LogP contribution in [0.3, 0.4) is 0 Å². The van der Waals surface area contributed by atoms with E-state index in [1.165, 1.54) is 0 Å². The molecular weight excluding hydrogens is 214 g/mol. The average Bonchev–Trinajstić information content (AvgIpc) is 2.78. The van der Waals surface area contributed by atoms with Gasteiger partial charge in [-0.2, -0.15) is 0 Å². The van der Waals surface area contributed by atoms with Gasteiger partial charge in [0.05, 0.1) is 0 Å². The molecule has 0 atom stereocenters. The van der Waals surface area contributed by atoms with E-state index in [1.807, 2.05) is 27.0 Å². The van der Waals surface area contributed by atoms with Crippen molar-refractivity contribution in [2.24, 2.45) is 0 Å². The van der Waals surface area contributed by atoms with Crippen LogP contribution in [0.5, 0.6) is 0 Å². The van der Waals surface area contributed by atoms with Crippen molar-refractivity contribution in [1.29, 1.82) is 0 Å². The molecule has 17 heavy (non-hydrogen) atoms. The molecule has 0 aromatic carbocycles. The number of aryl methyl sites for hydroxylation is 2. The minimum atomic E-state index is 0.800. The molecule has 5 nitrogen and oxygen atoms in total. The highest BCUT2D eigenvalue weighted by Crippen LogP contribution is 2.14. The van der Waals surface area contributed by atoms with E-state index in [0.717, 1.165) is 41.7 Å². The van der Waals surface area contributed by atoms with Gasteiger partial charge in [-0.05, 0) is 20.8 Å². The monoisotopic (exact) mass is 231 g/mol. The number of aromatic amines is 1. The van der Waals surface area contributed by atoms with Crippen molar-refractivity contribution in [3.63, 3.8) is 0 Å². The zero-order chi connectivity index (χ0) is 12.3. The predicted octanol–water partition coefficient (Wildman–Crippen LogP) is 1.78. The number of hydrogen-bond donors (Lipinski definition) is 2. The molecule has 2 aromatic rings. The quantitative estimate of drug-likeness (QED) is 0.841. The predicted molar refractivity (Wildman–Crippen MR) is 67.0 cm³/mol. The fraction of sp³-hybridized carbons (Fsp3) is 0.417. The lowest BCUT2D eigenvalue weighted by Crippen LogP contribution is -2.10. The van der Waals surface area contributed by atoms with Crippen LogP contribution in [-0.4, -0.2) is 26.5 Å². The van der Waals surface area contributed by atoms with Crippen molar-refractivity contribution in [3.05, 3.63) is 35.3 Å². The molecule has 2 N–H and O–H groups in total. The summed E-state index contributed by atoms with van der Waals surface area (Å²) in [4.78, 5) is 16.0. The number of hydrogen-bond acceptors (Lipinski definition) is 4. The lowest BCUT2D eigenvalue weighted by molar-refractivity contribution is 0.906. The Hall–Kier alpha value is -1.91. The van der Waals surface area contributed by atoms with Crippen LogP contribution in [0.15, 0.2) is 12.4 Å². The summed E-state index contributed by atoms with van der Waals surface area (Å²) in [6, 6.07) is 0. The lowest BCUT2D eigenvalue weighted by Gasteiger charge is -2.10. The van der Waals surface area contributed by atoms with Gasteiger partial charge < -0.3 is 10.3 Å². The summed E-state index contributed by atoms with van der Waals surface area (Å²) in [7, 11) is 0. The molecule has 0 aliphatic rings. The molecule has 2 rings (SSSR count). The van der Waals surface area contributed by atoms with Crippen LogP contribution in [0, 0.1) is 20.8 Å². The van der Waals surface area contributed by atoms with Crippen LogP contribution in [-0.2, 0) is 6.42 Å². The van der Waals surface area contributed by atoms with Crippen molar-refractivity contribution in [1.82, 2.24) is 19.9 Å². The van der Waals surface area contributed by atoms with Gasteiger partial charge in [-0.3, -0.25) is 0 Å². The summed E-state index contributed by atoms with van der Waals surface area (Å²) >= 11 is 0. The van der Waals surface area contributed by atoms with Crippen LogP contribution in [0.25, 0.3) is 0 Å². The van der Waals surface area contributed by atoms with Gasteiger partial charge in [0.1, 0.15) is 17.5 Å². The molecule has 2 aromatic heterocycles. The first kappa shape index (κ1) is 11.6. The molecule has 0 unspecified atom stereocenters. The molecule has 0 saturated heterocycles. The Bertz CT molecular complexity index is 490. The summed E-state index contributed by atoms with van der Waals surface area (Å²) < 4.78 is 0. The maximum absolute atomic E-state index is 4.40. The number of rotatable bonds is 4. The minimum absolute atomic E-state index is 0.800. The van der Waals surface area contributed by atoms with Gasteiger partial charge >= 0.3 is 0 Å². The smallest absolute Gasteiger partial charge is 0.132 e. The number of nitrogens with one attached hydrogen (secondary N) is 2. The van der Waals surface area contributed by atoms with Crippen LogP contribution in [0.4, 0.5) is 5.82 Å². The zero-order valence-corrected chi connectivity index (χ0v) is 10.4. The van der Waals surface area contributed by atoms with Crippen molar-refractivity contribution in [3.8, 4) is 0 Å². The number of H-pyrrole nitrogens is 1. The van der Waals surface area contributed by atoms with Gasteiger partial charge in [-0.15, -0.1) is 0 Å². The SMILES string of the molecule is Cc1nc(C)c(C)c(NCCc2ncc[nH]2)n1. The number of aromatic nitrogens is 4. The molecule has 90 valence electrons. The third kappa shape index (κ3) is 2.81. The maximum atomic E-state index is 4.40. The third-order valence-electron chi connectivity index (χ3n) is 2.71. The molecular formula is C12H17N5. The second-order valence-electron chi connectivity index (χ2n) is 4.04.